The van der Waals surface area contributed by atoms with Crippen LogP contribution in [-0.4, -0.2) is 37.6 Å². The minimum Gasteiger partial charge on any atom is -0.378 e. The molecule has 5 rings (SSSR count). The third kappa shape index (κ3) is 8.52. The smallest absolute Gasteiger partial charge is 0.272 e. The van der Waals surface area contributed by atoms with Gasteiger partial charge in [0.2, 0.25) is 5.91 Å². The summed E-state index contributed by atoms with van der Waals surface area (Å²) in [7, 11) is 3.91. The highest BCUT2D eigenvalue weighted by atomic mass is 32.2. The number of hydrogen-bond donors (Lipinski definition) is 2. The molecule has 0 aliphatic heterocycles. The van der Waals surface area contributed by atoms with Crippen molar-refractivity contribution in [2.75, 3.05) is 35.0 Å². The molecule has 0 spiro atoms. The largest absolute Gasteiger partial charge is 0.378 e. The van der Waals surface area contributed by atoms with Crippen LogP contribution in [0.1, 0.15) is 15.9 Å². The van der Waals surface area contributed by atoms with Gasteiger partial charge in [-0.1, -0.05) is 66.7 Å². The van der Waals surface area contributed by atoms with Gasteiger partial charge in [-0.25, -0.2) is 0 Å². The lowest BCUT2D eigenvalue weighted by Gasteiger charge is -2.23. The minimum absolute atomic E-state index is 0.0534. The maximum absolute atomic E-state index is 13.4. The Bertz CT molecular complexity index is 1750. The summed E-state index contributed by atoms with van der Waals surface area (Å²) in [5, 5.41) is 5.66. The number of hydrogen-bond acceptors (Lipinski definition) is 5. The molecule has 3 amide bonds. The summed E-state index contributed by atoms with van der Waals surface area (Å²) in [4.78, 5) is 44.4. The number of para-hydroxylation sites is 2. The highest BCUT2D eigenvalue weighted by Crippen LogP contribution is 2.28. The Labute approximate surface area is 273 Å². The summed E-state index contributed by atoms with van der Waals surface area (Å²) in [6.07, 6.45) is 1.65. The summed E-state index contributed by atoms with van der Waals surface area (Å²) < 4.78 is 0. The molecule has 0 heterocycles. The summed E-state index contributed by atoms with van der Waals surface area (Å²) in [6.45, 7) is 0. The molecule has 7 nitrogen and oxygen atoms in total. The number of rotatable bonds is 11. The fourth-order valence-electron chi connectivity index (χ4n) is 4.61. The first kappa shape index (κ1) is 31.8. The Morgan fingerprint density at radius 3 is 1.74 bits per heavy atom. The molecule has 0 aliphatic rings. The number of nitrogens with one attached hydrogen (secondary N) is 2. The van der Waals surface area contributed by atoms with Gasteiger partial charge in [-0.3, -0.25) is 19.3 Å². The van der Waals surface area contributed by atoms with Gasteiger partial charge < -0.3 is 15.5 Å². The van der Waals surface area contributed by atoms with E-state index in [4.69, 9.17) is 0 Å². The molecule has 46 heavy (non-hydrogen) atoms. The van der Waals surface area contributed by atoms with E-state index in [1.165, 1.54) is 11.8 Å². The van der Waals surface area contributed by atoms with Crippen molar-refractivity contribution in [3.05, 3.63) is 156 Å². The summed E-state index contributed by atoms with van der Waals surface area (Å²) in [5.41, 5.74) is 4.49. The Balaban J connectivity index is 1.27. The van der Waals surface area contributed by atoms with E-state index in [1.807, 2.05) is 122 Å². The predicted molar refractivity (Wildman–Crippen MR) is 188 cm³/mol. The van der Waals surface area contributed by atoms with Gasteiger partial charge in [0.1, 0.15) is 5.70 Å². The SMILES string of the molecule is CN(C)c1ccc(/C=C(\NC(=O)c2ccccc2)C(=O)Nc2ccc(SCC(=O)N(c3ccccc3)c3ccccc3)cc2)cc1. The van der Waals surface area contributed by atoms with Gasteiger partial charge in [0.25, 0.3) is 11.8 Å². The summed E-state index contributed by atoms with van der Waals surface area (Å²) in [6, 6.07) is 42.8. The van der Waals surface area contributed by atoms with Crippen LogP contribution < -0.4 is 20.4 Å². The molecule has 8 heteroatoms. The second-order valence-electron chi connectivity index (χ2n) is 10.5. The fraction of sp³-hybridized carbons (Fsp3) is 0.0789. The quantitative estimate of drug-likeness (QED) is 0.116. The Morgan fingerprint density at radius 2 is 1.20 bits per heavy atom. The van der Waals surface area contributed by atoms with E-state index in [0.29, 0.717) is 11.3 Å². The van der Waals surface area contributed by atoms with Crippen LogP contribution in [-0.2, 0) is 9.59 Å². The van der Waals surface area contributed by atoms with Crippen molar-refractivity contribution >= 4 is 58.3 Å². The number of carbonyl (C=O) groups is 3. The molecule has 0 bridgehead atoms. The molecule has 2 N–H and O–H groups in total. The lowest BCUT2D eigenvalue weighted by atomic mass is 10.1. The van der Waals surface area contributed by atoms with Crippen LogP contribution in [0.4, 0.5) is 22.7 Å². The van der Waals surface area contributed by atoms with Crippen LogP contribution >= 0.6 is 11.8 Å². The van der Waals surface area contributed by atoms with Crippen molar-refractivity contribution in [2.24, 2.45) is 0 Å². The van der Waals surface area contributed by atoms with Gasteiger partial charge in [0.15, 0.2) is 0 Å². The molecule has 0 radical (unpaired) electrons. The number of amides is 3. The maximum atomic E-state index is 13.4. The molecule has 0 aromatic heterocycles. The molecule has 0 aliphatic carbocycles. The monoisotopic (exact) mass is 626 g/mol. The zero-order chi connectivity index (χ0) is 32.3. The molecule has 5 aromatic carbocycles. The van der Waals surface area contributed by atoms with Crippen LogP contribution in [0.5, 0.6) is 0 Å². The first-order valence-corrected chi connectivity index (χ1v) is 15.7. The lowest BCUT2D eigenvalue weighted by molar-refractivity contribution is -0.115. The van der Waals surface area contributed by atoms with Gasteiger partial charge >= 0.3 is 0 Å². The number of benzene rings is 5. The second-order valence-corrected chi connectivity index (χ2v) is 11.6. The van der Waals surface area contributed by atoms with E-state index in [-0.39, 0.29) is 23.3 Å². The molecule has 0 unspecified atom stereocenters. The first-order chi connectivity index (χ1) is 22.4. The third-order valence-electron chi connectivity index (χ3n) is 7.00. The van der Waals surface area contributed by atoms with Crippen LogP contribution in [0.25, 0.3) is 6.08 Å². The van der Waals surface area contributed by atoms with Gasteiger partial charge in [0, 0.05) is 47.3 Å². The van der Waals surface area contributed by atoms with Crippen molar-refractivity contribution in [1.29, 1.82) is 0 Å². The van der Waals surface area contributed by atoms with E-state index in [2.05, 4.69) is 10.6 Å². The average molecular weight is 627 g/mol. The second kappa shape index (κ2) is 15.4. The number of nitrogens with zero attached hydrogens (tertiary/aromatic N) is 2. The van der Waals surface area contributed by atoms with Crippen LogP contribution in [0, 0.1) is 0 Å². The van der Waals surface area contributed by atoms with Crippen molar-refractivity contribution in [2.45, 2.75) is 4.90 Å². The summed E-state index contributed by atoms with van der Waals surface area (Å²) >= 11 is 1.42. The van der Waals surface area contributed by atoms with E-state index in [9.17, 15) is 14.4 Å². The first-order valence-electron chi connectivity index (χ1n) is 14.7. The molecule has 5 aromatic rings. The van der Waals surface area contributed by atoms with Crippen LogP contribution in [0.3, 0.4) is 0 Å². The Kier molecular flexibility index (Phi) is 10.7. The van der Waals surface area contributed by atoms with Gasteiger partial charge in [-0.15, -0.1) is 11.8 Å². The lowest BCUT2D eigenvalue weighted by Crippen LogP contribution is -2.30. The van der Waals surface area contributed by atoms with Crippen LogP contribution in [0.2, 0.25) is 0 Å². The zero-order valence-electron chi connectivity index (χ0n) is 25.6. The molecule has 230 valence electrons. The molecule has 0 fully saturated rings. The number of thioether (sulfide) groups is 1. The number of anilines is 4. The zero-order valence-corrected chi connectivity index (χ0v) is 26.4. The average Bonchev–Trinajstić information content (AvgIpc) is 3.09. The highest BCUT2D eigenvalue weighted by Gasteiger charge is 2.19. The van der Waals surface area contributed by atoms with Crippen molar-refractivity contribution in [3.8, 4) is 0 Å². The Hall–Kier alpha value is -5.60. The molecular weight excluding hydrogens is 593 g/mol. The van der Waals surface area contributed by atoms with Crippen molar-refractivity contribution in [1.82, 2.24) is 5.32 Å². The molecule has 0 atom stereocenters. The summed E-state index contributed by atoms with van der Waals surface area (Å²) in [5.74, 6) is -0.677. The van der Waals surface area contributed by atoms with Crippen molar-refractivity contribution < 1.29 is 14.4 Å². The topological polar surface area (TPSA) is 81.8 Å². The predicted octanol–water partition coefficient (Wildman–Crippen LogP) is 7.62. The highest BCUT2D eigenvalue weighted by molar-refractivity contribution is 8.00. The van der Waals surface area contributed by atoms with E-state index in [0.717, 1.165) is 27.5 Å². The number of carbonyl (C=O) groups excluding carboxylic acids is 3. The normalized spacial score (nSPS) is 11.0. The van der Waals surface area contributed by atoms with E-state index < -0.39 is 5.91 Å². The molecule has 0 saturated carbocycles. The Morgan fingerprint density at radius 1 is 0.652 bits per heavy atom. The van der Waals surface area contributed by atoms with Gasteiger partial charge in [0.05, 0.1) is 5.75 Å². The minimum atomic E-state index is -0.460. The maximum Gasteiger partial charge on any atom is 0.272 e. The van der Waals surface area contributed by atoms with E-state index in [1.54, 1.807) is 47.4 Å². The fourth-order valence-corrected chi connectivity index (χ4v) is 5.36. The van der Waals surface area contributed by atoms with Gasteiger partial charge in [-0.05, 0) is 84.4 Å². The molecule has 0 saturated heterocycles. The van der Waals surface area contributed by atoms with E-state index >= 15 is 0 Å². The third-order valence-corrected chi connectivity index (χ3v) is 8.00. The van der Waals surface area contributed by atoms with Gasteiger partial charge in [-0.2, -0.15) is 0 Å². The molecular formula is C38H34N4O3S. The standard InChI is InChI=1S/C38H34N4O3S/c1-41(2)31-22-18-28(19-23-31)26-35(40-37(44)29-12-6-3-7-13-29)38(45)39-30-20-24-34(25-21-30)46-27-36(43)42(32-14-8-4-9-15-32)33-16-10-5-11-17-33/h3-26H,27H2,1-2H3,(H,39,45)(H,40,44)/b35-26-. The van der Waals surface area contributed by atoms with Crippen LogP contribution in [0.15, 0.2) is 150 Å². The van der Waals surface area contributed by atoms with Crippen molar-refractivity contribution in [3.63, 3.8) is 0 Å².